The van der Waals surface area contributed by atoms with Crippen LogP contribution >= 0.6 is 0 Å². The summed E-state index contributed by atoms with van der Waals surface area (Å²) in [5.41, 5.74) is 5.70. The maximum absolute atomic E-state index is 5.70. The number of hydrogen-bond acceptors (Lipinski definition) is 4. The molecule has 15 heavy (non-hydrogen) atoms. The molecule has 0 aliphatic carbocycles. The number of anilines is 2. The first-order chi connectivity index (χ1) is 7.26. The van der Waals surface area contributed by atoms with Gasteiger partial charge in [0, 0.05) is 19.0 Å². The van der Waals surface area contributed by atoms with Gasteiger partial charge in [-0.25, -0.2) is 9.97 Å². The van der Waals surface area contributed by atoms with Gasteiger partial charge in [0.2, 0.25) is 0 Å². The Morgan fingerprint density at radius 2 is 2.07 bits per heavy atom. The van der Waals surface area contributed by atoms with Gasteiger partial charge < -0.3 is 11.1 Å². The van der Waals surface area contributed by atoms with Crippen molar-refractivity contribution in [3.8, 4) is 0 Å². The van der Waals surface area contributed by atoms with Crippen LogP contribution in [0.2, 0.25) is 0 Å². The fourth-order valence-corrected chi connectivity index (χ4v) is 1.34. The minimum Gasteiger partial charge on any atom is -0.384 e. The molecule has 0 atom stereocenters. The Labute approximate surface area is 91.3 Å². The van der Waals surface area contributed by atoms with Gasteiger partial charge in [0.25, 0.3) is 0 Å². The van der Waals surface area contributed by atoms with Crippen molar-refractivity contribution in [3.63, 3.8) is 0 Å². The number of nitrogen functional groups attached to an aromatic ring is 1. The van der Waals surface area contributed by atoms with Crippen LogP contribution in [0.5, 0.6) is 0 Å². The van der Waals surface area contributed by atoms with Crippen LogP contribution < -0.4 is 11.1 Å². The van der Waals surface area contributed by atoms with Gasteiger partial charge in [-0.2, -0.15) is 0 Å². The summed E-state index contributed by atoms with van der Waals surface area (Å²) in [6.45, 7) is 5.22. The van der Waals surface area contributed by atoms with E-state index in [0.717, 1.165) is 37.4 Å². The monoisotopic (exact) mass is 208 g/mol. The van der Waals surface area contributed by atoms with Crippen molar-refractivity contribution >= 4 is 11.6 Å². The van der Waals surface area contributed by atoms with Crippen LogP contribution in [0.25, 0.3) is 0 Å². The summed E-state index contributed by atoms with van der Waals surface area (Å²) in [6, 6.07) is 1.79. The average Bonchev–Trinajstić information content (AvgIpc) is 2.18. The first-order valence-corrected chi connectivity index (χ1v) is 5.63. The fraction of sp³-hybridized carbons (Fsp3) is 0.636. The van der Waals surface area contributed by atoms with Gasteiger partial charge in [-0.3, -0.25) is 0 Å². The summed E-state index contributed by atoms with van der Waals surface area (Å²) in [6.07, 6.45) is 4.24. The van der Waals surface area contributed by atoms with E-state index < -0.39 is 0 Å². The van der Waals surface area contributed by atoms with Crippen molar-refractivity contribution < 1.29 is 0 Å². The molecule has 3 N–H and O–H groups in total. The standard InChI is InChI=1S/C11H20N4/c1-3-5-7-13-11-8-9(12)14-10(15-11)6-4-2/h8H,3-7H2,1-2H3,(H3,12,13,14,15). The van der Waals surface area contributed by atoms with Gasteiger partial charge in [0.15, 0.2) is 0 Å². The molecule has 1 aromatic rings. The van der Waals surface area contributed by atoms with Crippen molar-refractivity contribution in [1.29, 1.82) is 0 Å². The van der Waals surface area contributed by atoms with Crippen LogP contribution in [0, 0.1) is 0 Å². The number of nitrogens with two attached hydrogens (primary N) is 1. The van der Waals surface area contributed by atoms with Crippen molar-refractivity contribution in [2.45, 2.75) is 39.5 Å². The van der Waals surface area contributed by atoms with E-state index in [9.17, 15) is 0 Å². The highest BCUT2D eigenvalue weighted by atomic mass is 15.0. The molecule has 1 rings (SSSR count). The molecule has 0 spiro atoms. The molecule has 4 nitrogen and oxygen atoms in total. The molecule has 0 aromatic carbocycles. The molecule has 0 unspecified atom stereocenters. The first kappa shape index (κ1) is 11.8. The summed E-state index contributed by atoms with van der Waals surface area (Å²) in [5.74, 6) is 2.23. The third-order valence-electron chi connectivity index (χ3n) is 2.10. The molecule has 0 saturated carbocycles. The van der Waals surface area contributed by atoms with E-state index in [1.54, 1.807) is 6.07 Å². The van der Waals surface area contributed by atoms with Gasteiger partial charge in [-0.1, -0.05) is 20.3 Å². The molecule has 0 aliphatic heterocycles. The number of nitrogens with zero attached hydrogens (tertiary/aromatic N) is 2. The van der Waals surface area contributed by atoms with Crippen LogP contribution in [-0.4, -0.2) is 16.5 Å². The zero-order chi connectivity index (χ0) is 11.1. The fourth-order valence-electron chi connectivity index (χ4n) is 1.34. The molecule has 0 saturated heterocycles. The Morgan fingerprint density at radius 1 is 1.27 bits per heavy atom. The third kappa shape index (κ3) is 4.14. The number of rotatable bonds is 6. The van der Waals surface area contributed by atoms with Crippen LogP contribution in [0.3, 0.4) is 0 Å². The third-order valence-corrected chi connectivity index (χ3v) is 2.10. The lowest BCUT2D eigenvalue weighted by atomic mass is 10.3. The van der Waals surface area contributed by atoms with E-state index in [-0.39, 0.29) is 0 Å². The SMILES string of the molecule is CCCCNc1cc(N)nc(CCC)n1. The lowest BCUT2D eigenvalue weighted by Gasteiger charge is -2.07. The van der Waals surface area contributed by atoms with Crippen molar-refractivity contribution in [2.24, 2.45) is 0 Å². The molecule has 0 bridgehead atoms. The maximum atomic E-state index is 5.70. The summed E-state index contributed by atoms with van der Waals surface area (Å²) in [7, 11) is 0. The Kier molecular flexibility index (Phi) is 4.87. The second-order valence-corrected chi connectivity index (χ2v) is 3.62. The molecule has 1 heterocycles. The lowest BCUT2D eigenvalue weighted by molar-refractivity contribution is 0.815. The second kappa shape index (κ2) is 6.22. The first-order valence-electron chi connectivity index (χ1n) is 5.63. The van der Waals surface area contributed by atoms with E-state index in [2.05, 4.69) is 29.1 Å². The zero-order valence-corrected chi connectivity index (χ0v) is 9.58. The minimum absolute atomic E-state index is 0.549. The van der Waals surface area contributed by atoms with E-state index in [1.807, 2.05) is 0 Å². The van der Waals surface area contributed by atoms with Crippen molar-refractivity contribution in [2.75, 3.05) is 17.6 Å². The highest BCUT2D eigenvalue weighted by molar-refractivity contribution is 5.44. The van der Waals surface area contributed by atoms with Crippen molar-refractivity contribution in [1.82, 2.24) is 9.97 Å². The quantitative estimate of drug-likeness (QED) is 0.704. The number of aryl methyl sites for hydroxylation is 1. The van der Waals surface area contributed by atoms with Crippen LogP contribution in [0.4, 0.5) is 11.6 Å². The van der Waals surface area contributed by atoms with Crippen LogP contribution in [0.15, 0.2) is 6.07 Å². The zero-order valence-electron chi connectivity index (χ0n) is 9.58. The van der Waals surface area contributed by atoms with Crippen molar-refractivity contribution in [3.05, 3.63) is 11.9 Å². The molecule has 1 aromatic heterocycles. The van der Waals surface area contributed by atoms with Crippen LogP contribution in [-0.2, 0) is 6.42 Å². The maximum Gasteiger partial charge on any atom is 0.133 e. The molecule has 0 radical (unpaired) electrons. The van der Waals surface area contributed by atoms with E-state index in [1.165, 1.54) is 6.42 Å². The van der Waals surface area contributed by atoms with Gasteiger partial charge in [-0.15, -0.1) is 0 Å². The van der Waals surface area contributed by atoms with E-state index >= 15 is 0 Å². The molecule has 0 fully saturated rings. The number of unbranched alkanes of at least 4 members (excludes halogenated alkanes) is 1. The van der Waals surface area contributed by atoms with Gasteiger partial charge in [0.1, 0.15) is 17.5 Å². The highest BCUT2D eigenvalue weighted by Gasteiger charge is 2.01. The summed E-state index contributed by atoms with van der Waals surface area (Å²) in [5, 5.41) is 3.25. The molecule has 0 amide bonds. The van der Waals surface area contributed by atoms with Gasteiger partial charge in [0.05, 0.1) is 0 Å². The largest absolute Gasteiger partial charge is 0.384 e. The second-order valence-electron chi connectivity index (χ2n) is 3.62. The predicted molar refractivity (Wildman–Crippen MR) is 63.8 cm³/mol. The van der Waals surface area contributed by atoms with E-state index in [0.29, 0.717) is 5.82 Å². The van der Waals surface area contributed by atoms with Gasteiger partial charge in [-0.05, 0) is 12.8 Å². The predicted octanol–water partition coefficient (Wildman–Crippen LogP) is 2.22. The number of hydrogen-bond donors (Lipinski definition) is 2. The highest BCUT2D eigenvalue weighted by Crippen LogP contribution is 2.09. The molecule has 0 aliphatic rings. The topological polar surface area (TPSA) is 63.8 Å². The summed E-state index contributed by atoms with van der Waals surface area (Å²) >= 11 is 0. The lowest BCUT2D eigenvalue weighted by Crippen LogP contribution is -2.07. The average molecular weight is 208 g/mol. The van der Waals surface area contributed by atoms with Gasteiger partial charge >= 0.3 is 0 Å². The van der Waals surface area contributed by atoms with Crippen LogP contribution in [0.1, 0.15) is 38.9 Å². The Morgan fingerprint density at radius 3 is 2.73 bits per heavy atom. The summed E-state index contributed by atoms with van der Waals surface area (Å²) in [4.78, 5) is 8.57. The molecule has 4 heteroatoms. The Hall–Kier alpha value is -1.32. The number of nitrogens with one attached hydrogen (secondary N) is 1. The molecular formula is C11H20N4. The molecule has 84 valence electrons. The normalized spacial score (nSPS) is 10.3. The smallest absolute Gasteiger partial charge is 0.133 e. The van der Waals surface area contributed by atoms with E-state index in [4.69, 9.17) is 5.73 Å². The Balaban J connectivity index is 2.62. The Bertz CT molecular complexity index is 299. The molecular weight excluding hydrogens is 188 g/mol. The summed E-state index contributed by atoms with van der Waals surface area (Å²) < 4.78 is 0. The minimum atomic E-state index is 0.549. The number of aromatic nitrogens is 2.